The van der Waals surface area contributed by atoms with Crippen LogP contribution in [0.5, 0.6) is 11.5 Å². The SMILES string of the molecule is CC(C)(C)O[Si](OCCCCCCCCCCCCCC#CCCCCOC1CCCCO1)(Oc1ccccc1)Oc1ccccc1. The lowest BCUT2D eigenvalue weighted by Gasteiger charge is -2.33. The predicted octanol–water partition coefficient (Wildman–Crippen LogP) is 10.8. The molecule has 262 valence electrons. The van der Waals surface area contributed by atoms with Crippen molar-refractivity contribution < 1.29 is 27.2 Å². The molecule has 0 bridgehead atoms. The van der Waals surface area contributed by atoms with Gasteiger partial charge in [-0.1, -0.05) is 94.2 Å². The third kappa shape index (κ3) is 19.3. The van der Waals surface area contributed by atoms with Crippen LogP contribution in [0.4, 0.5) is 0 Å². The van der Waals surface area contributed by atoms with Gasteiger partial charge in [0, 0.05) is 32.7 Å². The van der Waals surface area contributed by atoms with Crippen LogP contribution in [0.3, 0.4) is 0 Å². The van der Waals surface area contributed by atoms with E-state index < -0.39 is 14.6 Å². The monoisotopic (exact) mass is 666 g/mol. The second-order valence-electron chi connectivity index (χ2n) is 13.5. The van der Waals surface area contributed by atoms with Crippen molar-refractivity contribution in [1.82, 2.24) is 0 Å². The third-order valence-electron chi connectivity index (χ3n) is 7.89. The first kappa shape index (κ1) is 39.1. The molecule has 1 heterocycles. The summed E-state index contributed by atoms with van der Waals surface area (Å²) in [6, 6.07) is 19.4. The zero-order valence-corrected chi connectivity index (χ0v) is 30.6. The lowest BCUT2D eigenvalue weighted by atomic mass is 10.1. The summed E-state index contributed by atoms with van der Waals surface area (Å²) in [4.78, 5) is 0. The van der Waals surface area contributed by atoms with E-state index in [1.807, 2.05) is 81.4 Å². The Morgan fingerprint density at radius 3 is 1.64 bits per heavy atom. The predicted molar refractivity (Wildman–Crippen MR) is 193 cm³/mol. The molecule has 0 radical (unpaired) electrons. The molecule has 0 amide bonds. The Bertz CT molecular complexity index is 1050. The molecule has 0 spiro atoms. The number of hydrogen-bond acceptors (Lipinski definition) is 6. The summed E-state index contributed by atoms with van der Waals surface area (Å²) in [5.74, 6) is 8.07. The van der Waals surface area contributed by atoms with E-state index >= 15 is 0 Å². The molecular weight excluding hydrogens is 605 g/mol. The molecule has 1 aliphatic heterocycles. The summed E-state index contributed by atoms with van der Waals surface area (Å²) in [5, 5.41) is 0. The standard InChI is InChI=1S/C40H62O6Si/c1-40(2,3)46-47(44-37-29-21-19-22-30-37,45-38-31-23-20-24-32-38)43-36-27-18-16-14-12-10-8-6-4-5-7-9-11-13-15-17-26-34-41-39-33-25-28-35-42-39/h19-24,29-32,39H,4-10,12,14-18,25-28,33-36H2,1-3H3. The molecule has 0 N–H and O–H groups in total. The van der Waals surface area contributed by atoms with E-state index in [2.05, 4.69) is 11.8 Å². The minimum Gasteiger partial charge on any atom is -0.471 e. The summed E-state index contributed by atoms with van der Waals surface area (Å²) in [6.07, 6.45) is 21.5. The van der Waals surface area contributed by atoms with E-state index in [4.69, 9.17) is 27.2 Å². The molecule has 2 aromatic rings. The lowest BCUT2D eigenvalue weighted by molar-refractivity contribution is -0.162. The summed E-state index contributed by atoms with van der Waals surface area (Å²) in [6.45, 7) is 8.21. The molecule has 3 rings (SSSR count). The largest absolute Gasteiger partial charge is 0.821 e. The van der Waals surface area contributed by atoms with Gasteiger partial charge in [-0.25, -0.2) is 0 Å². The summed E-state index contributed by atoms with van der Waals surface area (Å²) in [7, 11) is -3.55. The molecule has 0 aliphatic carbocycles. The molecule has 1 atom stereocenters. The molecule has 0 aromatic heterocycles. The minimum absolute atomic E-state index is 0.0390. The van der Waals surface area contributed by atoms with Crippen LogP contribution in [0.15, 0.2) is 60.7 Å². The highest BCUT2D eigenvalue weighted by molar-refractivity contribution is 6.55. The number of hydrogen-bond donors (Lipinski definition) is 0. The van der Waals surface area contributed by atoms with Crippen LogP contribution >= 0.6 is 0 Å². The van der Waals surface area contributed by atoms with Crippen molar-refractivity contribution in [3.63, 3.8) is 0 Å². The average Bonchev–Trinajstić information content (AvgIpc) is 3.06. The van der Waals surface area contributed by atoms with Gasteiger partial charge in [-0.15, -0.1) is 11.8 Å². The topological polar surface area (TPSA) is 55.4 Å². The highest BCUT2D eigenvalue weighted by atomic mass is 28.4. The third-order valence-corrected chi connectivity index (χ3v) is 10.3. The highest BCUT2D eigenvalue weighted by Gasteiger charge is 2.54. The fourth-order valence-electron chi connectivity index (χ4n) is 5.44. The van der Waals surface area contributed by atoms with Crippen molar-refractivity contribution in [2.75, 3.05) is 19.8 Å². The van der Waals surface area contributed by atoms with Crippen LogP contribution in [-0.2, 0) is 18.3 Å². The smallest absolute Gasteiger partial charge is 0.471 e. The minimum atomic E-state index is -3.55. The van der Waals surface area contributed by atoms with Crippen LogP contribution in [-0.4, -0.2) is 40.8 Å². The molecular formula is C40H62O6Si. The Labute approximate surface area is 287 Å². The number of benzene rings is 2. The highest BCUT2D eigenvalue weighted by Crippen LogP contribution is 2.27. The van der Waals surface area contributed by atoms with Crippen LogP contribution in [0.1, 0.15) is 136 Å². The molecule has 7 heteroatoms. The molecule has 1 aliphatic rings. The van der Waals surface area contributed by atoms with E-state index in [1.54, 1.807) is 0 Å². The number of ether oxygens (including phenoxy) is 2. The van der Waals surface area contributed by atoms with Gasteiger partial charge in [-0.05, 0) is 90.0 Å². The Kier molecular flexibility index (Phi) is 19.9. The van der Waals surface area contributed by atoms with Gasteiger partial charge in [-0.2, -0.15) is 0 Å². The number of para-hydroxylation sites is 2. The fourth-order valence-corrected chi connectivity index (χ4v) is 7.74. The Morgan fingerprint density at radius 2 is 1.13 bits per heavy atom. The van der Waals surface area contributed by atoms with Gasteiger partial charge in [0.05, 0.1) is 5.60 Å². The van der Waals surface area contributed by atoms with Gasteiger partial charge in [0.1, 0.15) is 11.5 Å². The van der Waals surface area contributed by atoms with Crippen molar-refractivity contribution in [3.05, 3.63) is 60.7 Å². The van der Waals surface area contributed by atoms with Crippen LogP contribution < -0.4 is 8.85 Å². The maximum atomic E-state index is 6.45. The van der Waals surface area contributed by atoms with E-state index in [-0.39, 0.29) is 6.29 Å². The Hall–Kier alpha value is -2.34. The van der Waals surface area contributed by atoms with Gasteiger partial charge in [-0.3, -0.25) is 0 Å². The molecule has 0 saturated carbocycles. The zero-order valence-electron chi connectivity index (χ0n) is 29.6. The van der Waals surface area contributed by atoms with Gasteiger partial charge in [0.25, 0.3) is 0 Å². The van der Waals surface area contributed by atoms with Crippen molar-refractivity contribution >= 4 is 9.05 Å². The molecule has 47 heavy (non-hydrogen) atoms. The summed E-state index contributed by atoms with van der Waals surface area (Å²) < 4.78 is 37.1. The first-order chi connectivity index (χ1) is 22.9. The molecule has 1 saturated heterocycles. The maximum absolute atomic E-state index is 6.45. The average molecular weight is 667 g/mol. The molecule has 1 unspecified atom stereocenters. The van der Waals surface area contributed by atoms with E-state index in [0.717, 1.165) is 58.2 Å². The normalized spacial score (nSPS) is 15.2. The second-order valence-corrected chi connectivity index (χ2v) is 15.4. The van der Waals surface area contributed by atoms with E-state index in [1.165, 1.54) is 70.6 Å². The number of unbranched alkanes of at least 4 members (excludes halogenated alkanes) is 13. The fraction of sp³-hybridized carbons (Fsp3) is 0.650. The Morgan fingerprint density at radius 1 is 0.638 bits per heavy atom. The van der Waals surface area contributed by atoms with Gasteiger partial charge < -0.3 is 27.2 Å². The van der Waals surface area contributed by atoms with Gasteiger partial charge in [0.2, 0.25) is 0 Å². The second kappa shape index (κ2) is 23.9. The van der Waals surface area contributed by atoms with Gasteiger partial charge in [0.15, 0.2) is 6.29 Å². The quantitative estimate of drug-likeness (QED) is 0.0631. The first-order valence-electron chi connectivity index (χ1n) is 18.5. The Balaban J connectivity index is 1.19. The first-order valence-corrected chi connectivity index (χ1v) is 20.1. The van der Waals surface area contributed by atoms with Crippen LogP contribution in [0.2, 0.25) is 0 Å². The molecule has 2 aromatic carbocycles. The van der Waals surface area contributed by atoms with Crippen LogP contribution in [0.25, 0.3) is 0 Å². The van der Waals surface area contributed by atoms with E-state index in [9.17, 15) is 0 Å². The molecule has 1 fully saturated rings. The van der Waals surface area contributed by atoms with Gasteiger partial charge >= 0.3 is 9.05 Å². The number of rotatable bonds is 24. The lowest BCUT2D eigenvalue weighted by Crippen LogP contribution is -2.58. The zero-order chi connectivity index (χ0) is 33.3. The van der Waals surface area contributed by atoms with Crippen molar-refractivity contribution in [3.8, 4) is 23.3 Å². The summed E-state index contributed by atoms with van der Waals surface area (Å²) >= 11 is 0. The van der Waals surface area contributed by atoms with Crippen LogP contribution in [0, 0.1) is 11.8 Å². The van der Waals surface area contributed by atoms with Crippen molar-refractivity contribution in [1.29, 1.82) is 0 Å². The summed E-state index contributed by atoms with van der Waals surface area (Å²) in [5.41, 5.74) is -0.496. The van der Waals surface area contributed by atoms with Crippen molar-refractivity contribution in [2.45, 2.75) is 148 Å². The van der Waals surface area contributed by atoms with Crippen molar-refractivity contribution in [2.24, 2.45) is 0 Å². The van der Waals surface area contributed by atoms with E-state index in [0.29, 0.717) is 18.1 Å². The molecule has 6 nitrogen and oxygen atoms in total. The maximum Gasteiger partial charge on any atom is 0.821 e.